The average molecular weight is 349 g/mol. The number of hydrogen-bond acceptors (Lipinski definition) is 3. The Morgan fingerprint density at radius 3 is 2.31 bits per heavy atom. The zero-order chi connectivity index (χ0) is 18.7. The summed E-state index contributed by atoms with van der Waals surface area (Å²) in [5, 5.41) is 7.62. The number of nitrogens with one attached hydrogen (secondary N) is 1. The van der Waals surface area contributed by atoms with Gasteiger partial charge in [-0.1, -0.05) is 17.7 Å². The van der Waals surface area contributed by atoms with E-state index in [4.69, 9.17) is 4.74 Å². The van der Waals surface area contributed by atoms with Crippen molar-refractivity contribution in [1.29, 1.82) is 0 Å². The van der Waals surface area contributed by atoms with Gasteiger partial charge in [0.25, 0.3) is 5.91 Å². The summed E-state index contributed by atoms with van der Waals surface area (Å²) in [4.78, 5) is 12.7. The van der Waals surface area contributed by atoms with Gasteiger partial charge in [-0.15, -0.1) is 0 Å². The van der Waals surface area contributed by atoms with Gasteiger partial charge in [-0.05, 0) is 63.2 Å². The fourth-order valence-corrected chi connectivity index (χ4v) is 2.66. The second kappa shape index (κ2) is 7.44. The molecule has 0 fully saturated rings. The molecule has 0 bridgehead atoms. The maximum atomic E-state index is 12.7. The highest BCUT2D eigenvalue weighted by Gasteiger charge is 2.18. The lowest BCUT2D eigenvalue weighted by atomic mass is 10.1. The normalized spacial score (nSPS) is 10.8. The first-order valence-electron chi connectivity index (χ1n) is 8.60. The van der Waals surface area contributed by atoms with Gasteiger partial charge in [0.2, 0.25) is 0 Å². The first-order valence-corrected chi connectivity index (χ1v) is 8.60. The summed E-state index contributed by atoms with van der Waals surface area (Å²) in [5.74, 6) is 0.636. The number of ether oxygens (including phenoxy) is 1. The van der Waals surface area contributed by atoms with Crippen LogP contribution in [0, 0.1) is 6.92 Å². The van der Waals surface area contributed by atoms with Crippen LogP contribution in [0.3, 0.4) is 0 Å². The number of amides is 1. The molecule has 0 spiro atoms. The van der Waals surface area contributed by atoms with Crippen molar-refractivity contribution < 1.29 is 9.53 Å². The van der Waals surface area contributed by atoms with Gasteiger partial charge in [0.1, 0.15) is 11.4 Å². The van der Waals surface area contributed by atoms with Crippen molar-refractivity contribution in [3.8, 4) is 22.7 Å². The number of carbonyl (C=O) groups excluding carboxylic acids is 1. The van der Waals surface area contributed by atoms with Gasteiger partial charge in [-0.2, -0.15) is 5.10 Å². The lowest BCUT2D eigenvalue weighted by Gasteiger charge is -2.10. The van der Waals surface area contributed by atoms with Gasteiger partial charge >= 0.3 is 0 Å². The molecule has 0 aliphatic heterocycles. The minimum Gasteiger partial charge on any atom is -0.497 e. The van der Waals surface area contributed by atoms with Crippen LogP contribution in [-0.4, -0.2) is 28.8 Å². The number of aromatic nitrogens is 2. The summed E-state index contributed by atoms with van der Waals surface area (Å²) in [6.45, 7) is 5.91. The maximum absolute atomic E-state index is 12.7. The number of methoxy groups -OCH3 is 1. The number of aryl methyl sites for hydroxylation is 1. The van der Waals surface area contributed by atoms with E-state index in [-0.39, 0.29) is 11.9 Å². The molecule has 0 aliphatic carbocycles. The van der Waals surface area contributed by atoms with Crippen LogP contribution < -0.4 is 10.1 Å². The highest BCUT2D eigenvalue weighted by atomic mass is 16.5. The van der Waals surface area contributed by atoms with E-state index in [2.05, 4.69) is 10.4 Å². The fraction of sp³-hybridized carbons (Fsp3) is 0.238. The second-order valence-corrected chi connectivity index (χ2v) is 6.52. The van der Waals surface area contributed by atoms with Crippen molar-refractivity contribution in [2.24, 2.45) is 0 Å². The molecule has 1 N–H and O–H groups in total. The number of benzene rings is 2. The highest BCUT2D eigenvalue weighted by molar-refractivity contribution is 5.94. The van der Waals surface area contributed by atoms with E-state index in [1.54, 1.807) is 11.8 Å². The van der Waals surface area contributed by atoms with E-state index >= 15 is 0 Å². The van der Waals surface area contributed by atoms with E-state index in [0.29, 0.717) is 5.69 Å². The number of rotatable bonds is 5. The lowest BCUT2D eigenvalue weighted by molar-refractivity contribution is 0.0935. The second-order valence-electron chi connectivity index (χ2n) is 6.52. The molecule has 1 heterocycles. The molecule has 0 radical (unpaired) electrons. The molecule has 0 aliphatic rings. The van der Waals surface area contributed by atoms with Crippen LogP contribution in [0.25, 0.3) is 16.9 Å². The quantitative estimate of drug-likeness (QED) is 0.758. The van der Waals surface area contributed by atoms with Crippen molar-refractivity contribution in [1.82, 2.24) is 15.1 Å². The van der Waals surface area contributed by atoms with Gasteiger partial charge in [0.05, 0.1) is 18.5 Å². The summed E-state index contributed by atoms with van der Waals surface area (Å²) in [5.41, 5.74) is 4.18. The third-order valence-corrected chi connectivity index (χ3v) is 4.03. The van der Waals surface area contributed by atoms with Crippen molar-refractivity contribution in [3.05, 3.63) is 65.9 Å². The molecule has 3 aromatic rings. The van der Waals surface area contributed by atoms with E-state index < -0.39 is 0 Å². The van der Waals surface area contributed by atoms with Crippen LogP contribution in [-0.2, 0) is 0 Å². The molecule has 1 aromatic heterocycles. The third kappa shape index (κ3) is 3.77. The Balaban J connectivity index is 2.06. The van der Waals surface area contributed by atoms with Crippen molar-refractivity contribution in [3.63, 3.8) is 0 Å². The van der Waals surface area contributed by atoms with Crippen LogP contribution in [0.4, 0.5) is 0 Å². The Morgan fingerprint density at radius 1 is 1.08 bits per heavy atom. The van der Waals surface area contributed by atoms with E-state index in [1.165, 1.54) is 0 Å². The molecule has 1 amide bonds. The Kier molecular flexibility index (Phi) is 5.07. The van der Waals surface area contributed by atoms with Crippen LogP contribution in [0.2, 0.25) is 0 Å². The minimum atomic E-state index is -0.146. The smallest absolute Gasteiger partial charge is 0.270 e. The summed E-state index contributed by atoms with van der Waals surface area (Å²) >= 11 is 0. The largest absolute Gasteiger partial charge is 0.497 e. The number of nitrogens with zero attached hydrogens (tertiary/aromatic N) is 2. The number of carbonyl (C=O) groups is 1. The predicted octanol–water partition coefficient (Wildman–Crippen LogP) is 3.99. The molecule has 0 saturated carbocycles. The van der Waals surface area contributed by atoms with Crippen LogP contribution in [0.5, 0.6) is 5.75 Å². The van der Waals surface area contributed by atoms with E-state index in [1.807, 2.05) is 75.4 Å². The molecule has 0 saturated heterocycles. The molecule has 134 valence electrons. The lowest BCUT2D eigenvalue weighted by Crippen LogP contribution is -2.31. The summed E-state index contributed by atoms with van der Waals surface area (Å²) < 4.78 is 6.90. The van der Waals surface area contributed by atoms with Gasteiger partial charge in [0.15, 0.2) is 0 Å². The van der Waals surface area contributed by atoms with Crippen LogP contribution in [0.15, 0.2) is 54.6 Å². The van der Waals surface area contributed by atoms with Crippen molar-refractivity contribution >= 4 is 5.91 Å². The molecular weight excluding hydrogens is 326 g/mol. The Morgan fingerprint density at radius 2 is 1.73 bits per heavy atom. The topological polar surface area (TPSA) is 56.1 Å². The van der Waals surface area contributed by atoms with Gasteiger partial charge in [0, 0.05) is 11.6 Å². The monoisotopic (exact) mass is 349 g/mol. The summed E-state index contributed by atoms with van der Waals surface area (Å²) in [7, 11) is 1.63. The Labute approximate surface area is 153 Å². The zero-order valence-electron chi connectivity index (χ0n) is 15.5. The average Bonchev–Trinajstić information content (AvgIpc) is 3.07. The molecule has 26 heavy (non-hydrogen) atoms. The molecule has 5 nitrogen and oxygen atoms in total. The van der Waals surface area contributed by atoms with Crippen LogP contribution >= 0.6 is 0 Å². The van der Waals surface area contributed by atoms with Crippen molar-refractivity contribution in [2.75, 3.05) is 7.11 Å². The molecule has 3 rings (SSSR count). The van der Waals surface area contributed by atoms with Gasteiger partial charge < -0.3 is 10.1 Å². The highest BCUT2D eigenvalue weighted by Crippen LogP contribution is 2.24. The summed E-state index contributed by atoms with van der Waals surface area (Å²) in [6.07, 6.45) is 0. The number of hydrogen-bond donors (Lipinski definition) is 1. The predicted molar refractivity (Wildman–Crippen MR) is 103 cm³/mol. The van der Waals surface area contributed by atoms with Crippen molar-refractivity contribution in [2.45, 2.75) is 26.8 Å². The molecule has 5 heteroatoms. The van der Waals surface area contributed by atoms with Gasteiger partial charge in [-0.25, -0.2) is 4.68 Å². The van der Waals surface area contributed by atoms with Gasteiger partial charge in [-0.3, -0.25) is 4.79 Å². The third-order valence-electron chi connectivity index (χ3n) is 4.03. The molecule has 0 unspecified atom stereocenters. The molecule has 0 atom stereocenters. The van der Waals surface area contributed by atoms with E-state index in [9.17, 15) is 4.79 Å². The molecular formula is C21H23N3O2. The Bertz CT molecular complexity index is 894. The van der Waals surface area contributed by atoms with E-state index in [0.717, 1.165) is 28.3 Å². The SMILES string of the molecule is COc1ccc(-c2cc(C(=O)NC(C)C)n(-c3ccc(C)cc3)n2)cc1. The van der Waals surface area contributed by atoms with Crippen LogP contribution in [0.1, 0.15) is 29.9 Å². The summed E-state index contributed by atoms with van der Waals surface area (Å²) in [6, 6.07) is 17.5. The first kappa shape index (κ1) is 17.7. The minimum absolute atomic E-state index is 0.0494. The Hall–Kier alpha value is -3.08. The maximum Gasteiger partial charge on any atom is 0.270 e. The fourth-order valence-electron chi connectivity index (χ4n) is 2.66. The zero-order valence-corrected chi connectivity index (χ0v) is 15.5. The standard InChI is InChI=1S/C21H23N3O2/c1-14(2)22-21(25)20-13-19(16-7-11-18(26-4)12-8-16)23-24(20)17-9-5-15(3)6-10-17/h5-14H,1-4H3,(H,22,25). The first-order chi connectivity index (χ1) is 12.5. The molecule has 2 aromatic carbocycles.